The average Bonchev–Trinajstić information content (AvgIpc) is 2.80. The van der Waals surface area contributed by atoms with E-state index in [9.17, 15) is 9.59 Å². The predicted molar refractivity (Wildman–Crippen MR) is 139 cm³/mol. The maximum Gasteiger partial charge on any atom is 0.262 e. The van der Waals surface area contributed by atoms with E-state index in [0.29, 0.717) is 22.0 Å². The summed E-state index contributed by atoms with van der Waals surface area (Å²) in [6.07, 6.45) is 0. The highest BCUT2D eigenvalue weighted by Crippen LogP contribution is 2.32. The highest BCUT2D eigenvalue weighted by atomic mass is 35.5. The Balaban J connectivity index is 1.63. The van der Waals surface area contributed by atoms with Crippen LogP contribution in [0.5, 0.6) is 5.75 Å². The van der Waals surface area contributed by atoms with Crippen molar-refractivity contribution in [2.24, 2.45) is 0 Å². The van der Waals surface area contributed by atoms with Crippen LogP contribution in [-0.2, 0) is 4.79 Å². The van der Waals surface area contributed by atoms with Crippen molar-refractivity contribution in [1.82, 2.24) is 0 Å². The number of ether oxygens (including phenoxy) is 1. The van der Waals surface area contributed by atoms with Crippen LogP contribution < -0.4 is 15.4 Å². The third-order valence-corrected chi connectivity index (χ3v) is 5.96. The Labute approximate surface area is 206 Å². The van der Waals surface area contributed by atoms with Gasteiger partial charge in [0.2, 0.25) is 0 Å². The van der Waals surface area contributed by atoms with Gasteiger partial charge < -0.3 is 15.4 Å². The molecule has 34 heavy (non-hydrogen) atoms. The highest BCUT2D eigenvalue weighted by Gasteiger charge is 2.17. The van der Waals surface area contributed by atoms with Gasteiger partial charge in [0.25, 0.3) is 11.8 Å². The van der Waals surface area contributed by atoms with Crippen molar-refractivity contribution in [3.05, 3.63) is 87.9 Å². The highest BCUT2D eigenvalue weighted by molar-refractivity contribution is 6.31. The number of amides is 2. The van der Waals surface area contributed by atoms with Crippen molar-refractivity contribution < 1.29 is 14.3 Å². The first-order chi connectivity index (χ1) is 16.2. The molecule has 3 aromatic carbocycles. The molecule has 178 valence electrons. The van der Waals surface area contributed by atoms with Crippen LogP contribution in [0.2, 0.25) is 5.02 Å². The van der Waals surface area contributed by atoms with E-state index < -0.39 is 0 Å². The third kappa shape index (κ3) is 6.39. The fourth-order valence-electron chi connectivity index (χ4n) is 3.60. The quantitative estimate of drug-likeness (QED) is 0.360. The second kappa shape index (κ2) is 11.2. The predicted octanol–water partition coefficient (Wildman–Crippen LogP) is 7.17. The molecule has 0 heterocycles. The number of carbonyl (C=O) groups excluding carboxylic acids is 2. The number of halogens is 1. The summed E-state index contributed by atoms with van der Waals surface area (Å²) >= 11 is 6.09. The molecule has 2 N–H and O–H groups in total. The summed E-state index contributed by atoms with van der Waals surface area (Å²) in [5, 5.41) is 6.45. The zero-order valence-corrected chi connectivity index (χ0v) is 21.0. The number of anilines is 2. The molecule has 0 aliphatic carbocycles. The molecule has 0 saturated heterocycles. The van der Waals surface area contributed by atoms with Crippen LogP contribution in [-0.4, -0.2) is 18.4 Å². The lowest BCUT2D eigenvalue weighted by Crippen LogP contribution is -2.20. The van der Waals surface area contributed by atoms with E-state index in [1.165, 1.54) is 0 Å². The van der Waals surface area contributed by atoms with Crippen molar-refractivity contribution in [3.63, 3.8) is 0 Å². The van der Waals surface area contributed by atoms with Crippen LogP contribution >= 0.6 is 11.6 Å². The minimum Gasteiger partial charge on any atom is -0.484 e. The number of para-hydroxylation sites is 1. The van der Waals surface area contributed by atoms with Gasteiger partial charge in [-0.3, -0.25) is 9.59 Å². The fourth-order valence-corrected chi connectivity index (χ4v) is 3.78. The number of benzene rings is 3. The van der Waals surface area contributed by atoms with Crippen LogP contribution in [0.4, 0.5) is 11.4 Å². The Morgan fingerprint density at radius 2 is 1.50 bits per heavy atom. The smallest absolute Gasteiger partial charge is 0.262 e. The molecule has 0 aliphatic heterocycles. The zero-order valence-electron chi connectivity index (χ0n) is 20.2. The lowest BCUT2D eigenvalue weighted by molar-refractivity contribution is -0.118. The van der Waals surface area contributed by atoms with Crippen LogP contribution in [0.3, 0.4) is 0 Å². The van der Waals surface area contributed by atoms with E-state index in [-0.39, 0.29) is 30.3 Å². The first-order valence-corrected chi connectivity index (χ1v) is 11.8. The summed E-state index contributed by atoms with van der Waals surface area (Å²) in [7, 11) is 0. The molecule has 0 aliphatic rings. The lowest BCUT2D eigenvalue weighted by atomic mass is 9.92. The molecule has 3 aromatic rings. The summed E-state index contributed by atoms with van der Waals surface area (Å²) in [6, 6.07) is 18.2. The fraction of sp³-hybridized carbons (Fsp3) is 0.286. The van der Waals surface area contributed by atoms with Crippen molar-refractivity contribution in [1.29, 1.82) is 0 Å². The number of aryl methyl sites for hydroxylation is 1. The van der Waals surface area contributed by atoms with Gasteiger partial charge in [0.05, 0.1) is 0 Å². The Bertz CT molecular complexity index is 1140. The molecule has 6 heteroatoms. The molecule has 0 aromatic heterocycles. The van der Waals surface area contributed by atoms with Gasteiger partial charge in [0, 0.05) is 22.0 Å². The SMILES string of the molecule is Cc1ccc(NC(=O)COc2ccc(C(=O)Nc3c(C(C)C)cccc3C(C)C)cc2)cc1Cl. The van der Waals surface area contributed by atoms with Crippen LogP contribution in [0.25, 0.3) is 0 Å². The first kappa shape index (κ1) is 25.3. The van der Waals surface area contributed by atoms with Crippen LogP contribution in [0.1, 0.15) is 66.6 Å². The molecule has 0 unspecified atom stereocenters. The summed E-state index contributed by atoms with van der Waals surface area (Å²) < 4.78 is 5.57. The zero-order chi connectivity index (χ0) is 24.8. The molecule has 2 amide bonds. The van der Waals surface area contributed by atoms with Crippen LogP contribution in [0, 0.1) is 6.92 Å². The molecule has 0 fully saturated rings. The molecule has 0 radical (unpaired) electrons. The summed E-state index contributed by atoms with van der Waals surface area (Å²) in [4.78, 5) is 25.2. The number of nitrogens with one attached hydrogen (secondary N) is 2. The third-order valence-electron chi connectivity index (χ3n) is 5.55. The van der Waals surface area contributed by atoms with E-state index in [1.807, 2.05) is 19.1 Å². The molecule has 0 spiro atoms. The van der Waals surface area contributed by atoms with Gasteiger partial charge in [-0.25, -0.2) is 0 Å². The number of hydrogen-bond acceptors (Lipinski definition) is 3. The maximum atomic E-state index is 13.0. The normalized spacial score (nSPS) is 10.9. The Kier molecular flexibility index (Phi) is 8.35. The van der Waals surface area contributed by atoms with Crippen molar-refractivity contribution in [2.75, 3.05) is 17.2 Å². The van der Waals surface area contributed by atoms with Gasteiger partial charge in [0.1, 0.15) is 5.75 Å². The number of hydrogen-bond donors (Lipinski definition) is 2. The summed E-state index contributed by atoms with van der Waals surface area (Å²) in [5.41, 5.74) is 5.16. The summed E-state index contributed by atoms with van der Waals surface area (Å²) in [5.74, 6) is 0.585. The molecule has 0 atom stereocenters. The topological polar surface area (TPSA) is 67.4 Å². The van der Waals surface area contributed by atoms with Gasteiger partial charge in [-0.15, -0.1) is 0 Å². The minimum absolute atomic E-state index is 0.156. The van der Waals surface area contributed by atoms with E-state index in [0.717, 1.165) is 22.4 Å². The van der Waals surface area contributed by atoms with Gasteiger partial charge in [0.15, 0.2) is 6.61 Å². The second-order valence-corrected chi connectivity index (χ2v) is 9.31. The summed E-state index contributed by atoms with van der Waals surface area (Å²) in [6.45, 7) is 10.2. The largest absolute Gasteiger partial charge is 0.484 e. The molecule has 0 bridgehead atoms. The van der Waals surface area contributed by atoms with E-state index in [2.05, 4.69) is 50.5 Å². The lowest BCUT2D eigenvalue weighted by Gasteiger charge is -2.20. The van der Waals surface area contributed by atoms with Gasteiger partial charge >= 0.3 is 0 Å². The van der Waals surface area contributed by atoms with Crippen LogP contribution in [0.15, 0.2) is 60.7 Å². The van der Waals surface area contributed by atoms with Crippen molar-refractivity contribution >= 4 is 34.8 Å². The van der Waals surface area contributed by atoms with Crippen molar-refractivity contribution in [2.45, 2.75) is 46.5 Å². The first-order valence-electron chi connectivity index (χ1n) is 11.4. The molecular formula is C28H31ClN2O3. The van der Waals surface area contributed by atoms with Gasteiger partial charge in [-0.1, -0.05) is 63.6 Å². The van der Waals surface area contributed by atoms with Gasteiger partial charge in [-0.2, -0.15) is 0 Å². The van der Waals surface area contributed by atoms with Gasteiger partial charge in [-0.05, 0) is 71.8 Å². The van der Waals surface area contributed by atoms with E-state index >= 15 is 0 Å². The molecule has 3 rings (SSSR count). The Hall–Kier alpha value is -3.31. The molecule has 0 saturated carbocycles. The Morgan fingerprint density at radius 3 is 2.06 bits per heavy atom. The molecular weight excluding hydrogens is 448 g/mol. The second-order valence-electron chi connectivity index (χ2n) is 8.90. The number of rotatable bonds is 8. The standard InChI is InChI=1S/C28H31ClN2O3/c1-17(2)23-7-6-8-24(18(3)4)27(23)31-28(33)20-10-13-22(14-11-20)34-16-26(32)30-21-12-9-19(5)25(29)15-21/h6-15,17-18H,16H2,1-5H3,(H,30,32)(H,31,33). The monoisotopic (exact) mass is 478 g/mol. The van der Waals surface area contributed by atoms with E-state index in [1.54, 1.807) is 36.4 Å². The molecule has 5 nitrogen and oxygen atoms in total. The number of carbonyl (C=O) groups is 2. The maximum absolute atomic E-state index is 13.0. The minimum atomic E-state index is -0.298. The van der Waals surface area contributed by atoms with Crippen molar-refractivity contribution in [3.8, 4) is 5.75 Å². The Morgan fingerprint density at radius 1 is 0.882 bits per heavy atom. The average molecular weight is 479 g/mol. The van der Waals surface area contributed by atoms with E-state index in [4.69, 9.17) is 16.3 Å².